The molecular weight excluding hydrogens is 365 g/mol. The summed E-state index contributed by atoms with van der Waals surface area (Å²) >= 11 is 13.6. The van der Waals surface area contributed by atoms with Crippen molar-refractivity contribution in [2.24, 2.45) is 7.05 Å². The normalized spacial score (nSPS) is 10.8. The zero-order valence-electron chi connectivity index (χ0n) is 13.2. The molecule has 7 heteroatoms. The van der Waals surface area contributed by atoms with Crippen LogP contribution in [-0.2, 0) is 12.8 Å². The topological polar surface area (TPSA) is 39.9 Å². The fourth-order valence-electron chi connectivity index (χ4n) is 2.21. The first-order valence-electron chi connectivity index (χ1n) is 7.19. The van der Waals surface area contributed by atoms with E-state index in [1.54, 1.807) is 24.9 Å². The molecule has 2 aromatic carbocycles. The lowest BCUT2D eigenvalue weighted by atomic mass is 10.2. The zero-order valence-corrected chi connectivity index (χ0v) is 15.5. The van der Waals surface area contributed by atoms with Crippen LogP contribution in [0, 0.1) is 0 Å². The van der Waals surface area contributed by atoms with Gasteiger partial charge in [0.05, 0.1) is 17.2 Å². The summed E-state index contributed by atoms with van der Waals surface area (Å²) in [7, 11) is 3.60. The van der Waals surface area contributed by atoms with E-state index in [9.17, 15) is 0 Å². The molecule has 0 radical (unpaired) electrons. The van der Waals surface area contributed by atoms with Crippen molar-refractivity contribution in [2.45, 2.75) is 10.9 Å². The predicted octanol–water partition coefficient (Wildman–Crippen LogP) is 5.09. The minimum Gasteiger partial charge on any atom is -0.497 e. The summed E-state index contributed by atoms with van der Waals surface area (Å²) in [6.07, 6.45) is 0. The van der Waals surface area contributed by atoms with Gasteiger partial charge in [0.1, 0.15) is 5.75 Å². The first-order valence-corrected chi connectivity index (χ1v) is 8.93. The molecule has 0 aliphatic carbocycles. The molecule has 0 unspecified atom stereocenters. The minimum atomic E-state index is 0.561. The van der Waals surface area contributed by atoms with Gasteiger partial charge in [-0.05, 0) is 42.0 Å². The quantitative estimate of drug-likeness (QED) is 0.578. The van der Waals surface area contributed by atoms with Crippen LogP contribution in [0.4, 0.5) is 0 Å². The lowest BCUT2D eigenvalue weighted by Gasteiger charge is -2.06. The molecule has 0 aliphatic rings. The summed E-state index contributed by atoms with van der Waals surface area (Å²) in [6.45, 7) is 0. The second-order valence-corrected chi connectivity index (χ2v) is 6.89. The monoisotopic (exact) mass is 379 g/mol. The molecule has 124 valence electrons. The minimum absolute atomic E-state index is 0.561. The van der Waals surface area contributed by atoms with E-state index in [1.165, 1.54) is 0 Å². The molecule has 1 aromatic heterocycles. The van der Waals surface area contributed by atoms with Gasteiger partial charge in [0.15, 0.2) is 11.0 Å². The Balaban J connectivity index is 1.75. The maximum Gasteiger partial charge on any atom is 0.191 e. The van der Waals surface area contributed by atoms with Crippen LogP contribution in [0.1, 0.15) is 5.56 Å². The van der Waals surface area contributed by atoms with Gasteiger partial charge in [0.2, 0.25) is 0 Å². The standard InChI is InChI=1S/C17H15Cl2N3OS/c1-22-16(12-4-6-13(23-2)7-5-12)20-21-17(22)24-10-11-3-8-14(18)15(19)9-11/h3-9H,10H2,1-2H3. The van der Waals surface area contributed by atoms with E-state index in [0.717, 1.165) is 33.6 Å². The number of hydrogen-bond acceptors (Lipinski definition) is 4. The van der Waals surface area contributed by atoms with E-state index < -0.39 is 0 Å². The van der Waals surface area contributed by atoms with Gasteiger partial charge in [-0.3, -0.25) is 0 Å². The van der Waals surface area contributed by atoms with E-state index in [4.69, 9.17) is 27.9 Å². The van der Waals surface area contributed by atoms with E-state index in [-0.39, 0.29) is 0 Å². The summed E-state index contributed by atoms with van der Waals surface area (Å²) in [4.78, 5) is 0. The summed E-state index contributed by atoms with van der Waals surface area (Å²) in [5.41, 5.74) is 2.08. The van der Waals surface area contributed by atoms with Gasteiger partial charge in [-0.2, -0.15) is 0 Å². The van der Waals surface area contributed by atoms with E-state index in [0.29, 0.717) is 10.0 Å². The Morgan fingerprint density at radius 1 is 1.04 bits per heavy atom. The molecule has 3 rings (SSSR count). The van der Waals surface area contributed by atoms with Crippen molar-refractivity contribution in [2.75, 3.05) is 7.11 Å². The van der Waals surface area contributed by atoms with Crippen LogP contribution >= 0.6 is 35.0 Å². The number of halogens is 2. The molecule has 0 aliphatic heterocycles. The summed E-state index contributed by atoms with van der Waals surface area (Å²) in [5.74, 6) is 2.37. The summed E-state index contributed by atoms with van der Waals surface area (Å²) in [5, 5.41) is 10.5. The van der Waals surface area contributed by atoms with Crippen LogP contribution in [-0.4, -0.2) is 21.9 Å². The van der Waals surface area contributed by atoms with E-state index in [1.807, 2.05) is 48.0 Å². The average Bonchev–Trinajstić information content (AvgIpc) is 2.97. The Kier molecular flexibility index (Phi) is 5.33. The zero-order chi connectivity index (χ0) is 17.1. The number of benzene rings is 2. The second kappa shape index (κ2) is 7.47. The van der Waals surface area contributed by atoms with Gasteiger partial charge in [-0.25, -0.2) is 0 Å². The Bertz CT molecular complexity index is 850. The van der Waals surface area contributed by atoms with E-state index >= 15 is 0 Å². The summed E-state index contributed by atoms with van der Waals surface area (Å²) in [6, 6.07) is 13.4. The molecule has 0 N–H and O–H groups in total. The lowest BCUT2D eigenvalue weighted by molar-refractivity contribution is 0.415. The van der Waals surface area contributed by atoms with E-state index in [2.05, 4.69) is 10.2 Å². The molecule has 0 amide bonds. The molecule has 0 spiro atoms. The predicted molar refractivity (Wildman–Crippen MR) is 99.0 cm³/mol. The number of hydrogen-bond donors (Lipinski definition) is 0. The molecule has 3 aromatic rings. The maximum atomic E-state index is 6.05. The van der Waals surface area contributed by atoms with Crippen molar-refractivity contribution in [1.29, 1.82) is 0 Å². The Labute approximate surface area is 154 Å². The molecule has 0 fully saturated rings. The number of ether oxygens (including phenoxy) is 1. The molecule has 0 bridgehead atoms. The smallest absolute Gasteiger partial charge is 0.191 e. The molecule has 0 atom stereocenters. The Hall–Kier alpha value is -1.69. The lowest BCUT2D eigenvalue weighted by Crippen LogP contribution is -1.95. The third-order valence-corrected chi connectivity index (χ3v) is 5.37. The van der Waals surface area contributed by atoms with Gasteiger partial charge >= 0.3 is 0 Å². The Morgan fingerprint density at radius 2 is 1.79 bits per heavy atom. The first-order chi connectivity index (χ1) is 11.6. The highest BCUT2D eigenvalue weighted by Gasteiger charge is 2.12. The third kappa shape index (κ3) is 3.69. The second-order valence-electron chi connectivity index (χ2n) is 5.13. The van der Waals surface area contributed by atoms with Crippen molar-refractivity contribution in [3.05, 3.63) is 58.1 Å². The van der Waals surface area contributed by atoms with Gasteiger partial charge in [-0.1, -0.05) is 41.0 Å². The number of aromatic nitrogens is 3. The average molecular weight is 380 g/mol. The van der Waals surface area contributed by atoms with Crippen LogP contribution in [0.15, 0.2) is 47.6 Å². The number of rotatable bonds is 5. The molecular formula is C17H15Cl2N3OS. The molecule has 4 nitrogen and oxygen atoms in total. The number of thioether (sulfide) groups is 1. The van der Waals surface area contributed by atoms with Gasteiger partial charge in [-0.15, -0.1) is 10.2 Å². The van der Waals surface area contributed by atoms with Crippen molar-refractivity contribution < 1.29 is 4.74 Å². The molecule has 1 heterocycles. The van der Waals surface area contributed by atoms with Crippen LogP contribution in [0.5, 0.6) is 5.75 Å². The van der Waals surface area contributed by atoms with Gasteiger partial charge in [0.25, 0.3) is 0 Å². The van der Waals surface area contributed by atoms with Crippen LogP contribution < -0.4 is 4.74 Å². The maximum absolute atomic E-state index is 6.05. The van der Waals surface area contributed by atoms with Crippen LogP contribution in [0.25, 0.3) is 11.4 Å². The Morgan fingerprint density at radius 3 is 2.46 bits per heavy atom. The molecule has 0 saturated carbocycles. The third-order valence-electron chi connectivity index (χ3n) is 3.54. The first kappa shape index (κ1) is 17.1. The fourth-order valence-corrected chi connectivity index (χ4v) is 3.38. The number of methoxy groups -OCH3 is 1. The molecule has 0 saturated heterocycles. The van der Waals surface area contributed by atoms with Crippen LogP contribution in [0.3, 0.4) is 0 Å². The van der Waals surface area contributed by atoms with Gasteiger partial charge in [0, 0.05) is 18.4 Å². The highest BCUT2D eigenvalue weighted by atomic mass is 35.5. The highest BCUT2D eigenvalue weighted by molar-refractivity contribution is 7.98. The number of nitrogens with zero attached hydrogens (tertiary/aromatic N) is 3. The van der Waals surface area contributed by atoms with Gasteiger partial charge < -0.3 is 9.30 Å². The van der Waals surface area contributed by atoms with Crippen molar-refractivity contribution in [1.82, 2.24) is 14.8 Å². The molecule has 24 heavy (non-hydrogen) atoms. The van der Waals surface area contributed by atoms with Crippen molar-refractivity contribution in [3.63, 3.8) is 0 Å². The van der Waals surface area contributed by atoms with Crippen LogP contribution in [0.2, 0.25) is 10.0 Å². The van der Waals surface area contributed by atoms with Crippen molar-refractivity contribution >= 4 is 35.0 Å². The SMILES string of the molecule is COc1ccc(-c2nnc(SCc3ccc(Cl)c(Cl)c3)n2C)cc1. The van der Waals surface area contributed by atoms with Crippen molar-refractivity contribution in [3.8, 4) is 17.1 Å². The highest BCUT2D eigenvalue weighted by Crippen LogP contribution is 2.29. The summed E-state index contributed by atoms with van der Waals surface area (Å²) < 4.78 is 7.16. The largest absolute Gasteiger partial charge is 0.497 e. The fraction of sp³-hybridized carbons (Fsp3) is 0.176.